The molecule has 0 aromatic carbocycles. The van der Waals surface area contributed by atoms with Crippen LogP contribution in [-0.2, 0) is 9.53 Å². The van der Waals surface area contributed by atoms with Gasteiger partial charge in [0.1, 0.15) is 6.29 Å². The van der Waals surface area contributed by atoms with Crippen molar-refractivity contribution in [1.82, 2.24) is 4.90 Å². The lowest BCUT2D eigenvalue weighted by molar-refractivity contribution is -0.116. The maximum Gasteiger partial charge on any atom is 0.123 e. The van der Waals surface area contributed by atoms with E-state index >= 15 is 0 Å². The van der Waals surface area contributed by atoms with E-state index in [1.165, 1.54) is 38.5 Å². The summed E-state index contributed by atoms with van der Waals surface area (Å²) < 4.78 is 6.11. The Kier molecular flexibility index (Phi) is 3.71. The first-order valence-electron chi connectivity index (χ1n) is 7.65. The SMILES string of the molecule is O=CC1CCN(C2CCOC3(CCCC3)C2)CC1. The van der Waals surface area contributed by atoms with Gasteiger partial charge in [0.2, 0.25) is 0 Å². The quantitative estimate of drug-likeness (QED) is 0.706. The number of likely N-dealkylation sites (tertiary alicyclic amines) is 1. The molecule has 2 saturated heterocycles. The van der Waals surface area contributed by atoms with E-state index < -0.39 is 0 Å². The van der Waals surface area contributed by atoms with E-state index in [2.05, 4.69) is 4.90 Å². The molecule has 3 aliphatic rings. The van der Waals surface area contributed by atoms with E-state index in [4.69, 9.17) is 4.74 Å². The highest BCUT2D eigenvalue weighted by Crippen LogP contribution is 2.41. The zero-order valence-corrected chi connectivity index (χ0v) is 11.3. The molecular weight excluding hydrogens is 226 g/mol. The van der Waals surface area contributed by atoms with Crippen LogP contribution in [0.5, 0.6) is 0 Å². The molecule has 102 valence electrons. The first-order chi connectivity index (χ1) is 8.81. The summed E-state index contributed by atoms with van der Waals surface area (Å²) >= 11 is 0. The molecule has 0 aromatic heterocycles. The van der Waals surface area contributed by atoms with Crippen LogP contribution in [0, 0.1) is 5.92 Å². The predicted molar refractivity (Wildman–Crippen MR) is 70.5 cm³/mol. The topological polar surface area (TPSA) is 29.5 Å². The number of ether oxygens (including phenoxy) is 1. The molecule has 3 nitrogen and oxygen atoms in total. The lowest BCUT2D eigenvalue weighted by Crippen LogP contribution is -2.50. The van der Waals surface area contributed by atoms with Crippen molar-refractivity contribution in [2.45, 2.75) is 63.0 Å². The van der Waals surface area contributed by atoms with Crippen molar-refractivity contribution in [1.29, 1.82) is 0 Å². The molecule has 0 N–H and O–H groups in total. The summed E-state index contributed by atoms with van der Waals surface area (Å²) in [7, 11) is 0. The Morgan fingerprint density at radius 1 is 1.11 bits per heavy atom. The van der Waals surface area contributed by atoms with Crippen LogP contribution in [0.4, 0.5) is 0 Å². The molecule has 0 amide bonds. The number of rotatable bonds is 2. The molecule has 1 saturated carbocycles. The Morgan fingerprint density at radius 3 is 2.50 bits per heavy atom. The Balaban J connectivity index is 1.57. The zero-order valence-electron chi connectivity index (χ0n) is 11.3. The lowest BCUT2D eigenvalue weighted by Gasteiger charge is -2.44. The molecule has 1 aliphatic carbocycles. The smallest absolute Gasteiger partial charge is 0.123 e. The molecule has 3 heteroatoms. The second kappa shape index (κ2) is 5.30. The summed E-state index contributed by atoms with van der Waals surface area (Å²) in [5, 5.41) is 0. The third-order valence-electron chi connectivity index (χ3n) is 5.26. The Morgan fingerprint density at radius 2 is 1.83 bits per heavy atom. The van der Waals surface area contributed by atoms with Gasteiger partial charge in [0.05, 0.1) is 5.60 Å². The summed E-state index contributed by atoms with van der Waals surface area (Å²) in [5.74, 6) is 0.321. The maximum absolute atomic E-state index is 10.8. The standard InChI is InChI=1S/C15H25NO2/c17-12-13-3-8-16(9-4-13)14-5-10-18-15(11-14)6-1-2-7-15/h12-14H,1-11H2. The number of piperidine rings is 1. The fraction of sp³-hybridized carbons (Fsp3) is 0.933. The second-order valence-corrected chi connectivity index (χ2v) is 6.39. The summed E-state index contributed by atoms with van der Waals surface area (Å²) in [6.45, 7) is 3.17. The van der Waals surface area contributed by atoms with Crippen LogP contribution >= 0.6 is 0 Å². The first kappa shape index (κ1) is 12.6. The molecule has 3 fully saturated rings. The van der Waals surface area contributed by atoms with Crippen LogP contribution in [0.1, 0.15) is 51.4 Å². The number of hydrogen-bond donors (Lipinski definition) is 0. The highest BCUT2D eigenvalue weighted by atomic mass is 16.5. The number of carbonyl (C=O) groups excluding carboxylic acids is 1. The van der Waals surface area contributed by atoms with Gasteiger partial charge in [0.15, 0.2) is 0 Å². The average Bonchev–Trinajstić information content (AvgIpc) is 2.87. The molecule has 1 atom stereocenters. The zero-order chi connectivity index (χ0) is 12.4. The molecule has 1 spiro atoms. The van der Waals surface area contributed by atoms with E-state index in [0.29, 0.717) is 12.0 Å². The Hall–Kier alpha value is -0.410. The first-order valence-corrected chi connectivity index (χ1v) is 7.65. The maximum atomic E-state index is 10.8. The van der Waals surface area contributed by atoms with E-state index in [9.17, 15) is 4.79 Å². The van der Waals surface area contributed by atoms with Crippen molar-refractivity contribution in [3.63, 3.8) is 0 Å². The average molecular weight is 251 g/mol. The molecule has 1 unspecified atom stereocenters. The van der Waals surface area contributed by atoms with E-state index in [-0.39, 0.29) is 5.60 Å². The van der Waals surface area contributed by atoms with Crippen molar-refractivity contribution in [3.8, 4) is 0 Å². The summed E-state index contributed by atoms with van der Waals surface area (Å²) in [6, 6.07) is 0.712. The minimum Gasteiger partial charge on any atom is -0.375 e. The van der Waals surface area contributed by atoms with Gasteiger partial charge in [-0.25, -0.2) is 0 Å². The molecule has 18 heavy (non-hydrogen) atoms. The van der Waals surface area contributed by atoms with Gasteiger partial charge < -0.3 is 14.4 Å². The minimum absolute atomic E-state index is 0.227. The van der Waals surface area contributed by atoms with Crippen molar-refractivity contribution in [2.75, 3.05) is 19.7 Å². The van der Waals surface area contributed by atoms with Gasteiger partial charge >= 0.3 is 0 Å². The third-order valence-corrected chi connectivity index (χ3v) is 5.26. The predicted octanol–water partition coefficient (Wildman–Crippen LogP) is 2.39. The van der Waals surface area contributed by atoms with E-state index in [1.54, 1.807) is 0 Å². The molecule has 2 aliphatic heterocycles. The van der Waals surface area contributed by atoms with Crippen molar-refractivity contribution >= 4 is 6.29 Å². The van der Waals surface area contributed by atoms with Crippen molar-refractivity contribution in [2.24, 2.45) is 5.92 Å². The number of aldehydes is 1. The third kappa shape index (κ3) is 2.48. The number of hydrogen-bond acceptors (Lipinski definition) is 3. The Labute approximate surface area is 110 Å². The van der Waals surface area contributed by atoms with Gasteiger partial charge in [0.25, 0.3) is 0 Å². The van der Waals surface area contributed by atoms with Crippen LogP contribution in [0.25, 0.3) is 0 Å². The van der Waals surface area contributed by atoms with Gasteiger partial charge in [-0.1, -0.05) is 12.8 Å². The molecule has 2 heterocycles. The normalized spacial score (nSPS) is 33.9. The monoisotopic (exact) mass is 251 g/mol. The lowest BCUT2D eigenvalue weighted by atomic mass is 9.86. The fourth-order valence-electron chi connectivity index (χ4n) is 4.10. The van der Waals surface area contributed by atoms with Gasteiger partial charge in [-0.15, -0.1) is 0 Å². The molecule has 0 radical (unpaired) electrons. The van der Waals surface area contributed by atoms with Gasteiger partial charge in [-0.2, -0.15) is 0 Å². The molecule has 3 rings (SSSR count). The number of nitrogens with zero attached hydrogens (tertiary/aromatic N) is 1. The van der Waals surface area contributed by atoms with Crippen LogP contribution in [-0.4, -0.2) is 42.5 Å². The van der Waals surface area contributed by atoms with Crippen LogP contribution in [0.3, 0.4) is 0 Å². The molecular formula is C15H25NO2. The number of carbonyl (C=O) groups is 1. The highest BCUT2D eigenvalue weighted by Gasteiger charge is 2.41. The van der Waals surface area contributed by atoms with Gasteiger partial charge in [0, 0.05) is 18.6 Å². The van der Waals surface area contributed by atoms with Crippen molar-refractivity contribution in [3.05, 3.63) is 0 Å². The van der Waals surface area contributed by atoms with Crippen molar-refractivity contribution < 1.29 is 9.53 Å². The fourth-order valence-corrected chi connectivity index (χ4v) is 4.10. The minimum atomic E-state index is 0.227. The van der Waals surface area contributed by atoms with Gasteiger partial charge in [-0.3, -0.25) is 0 Å². The summed E-state index contributed by atoms with van der Waals surface area (Å²) in [6.07, 6.45) is 10.9. The largest absolute Gasteiger partial charge is 0.375 e. The van der Waals surface area contributed by atoms with Gasteiger partial charge in [-0.05, 0) is 51.6 Å². The molecule has 0 bridgehead atoms. The molecule has 0 aromatic rings. The second-order valence-electron chi connectivity index (χ2n) is 6.39. The summed E-state index contributed by atoms with van der Waals surface area (Å²) in [4.78, 5) is 13.4. The van der Waals surface area contributed by atoms with E-state index in [0.717, 1.165) is 38.8 Å². The summed E-state index contributed by atoms with van der Waals surface area (Å²) in [5.41, 5.74) is 0.227. The van der Waals surface area contributed by atoms with Crippen LogP contribution < -0.4 is 0 Å². The van der Waals surface area contributed by atoms with E-state index in [1.807, 2.05) is 0 Å². The van der Waals surface area contributed by atoms with Crippen LogP contribution in [0.15, 0.2) is 0 Å². The van der Waals surface area contributed by atoms with Crippen LogP contribution in [0.2, 0.25) is 0 Å². The Bertz CT molecular complexity index is 291. The highest BCUT2D eigenvalue weighted by molar-refractivity contribution is 5.53.